The topological polar surface area (TPSA) is 79.3 Å². The van der Waals surface area contributed by atoms with Crippen molar-refractivity contribution in [3.05, 3.63) is 40.9 Å². The summed E-state index contributed by atoms with van der Waals surface area (Å²) in [7, 11) is 0. The second-order valence-corrected chi connectivity index (χ2v) is 7.51. The van der Waals surface area contributed by atoms with Gasteiger partial charge in [0.25, 0.3) is 0 Å². The number of carboxylic acid groups (broad SMARTS) is 1. The molecule has 0 fully saturated rings. The Hall–Kier alpha value is -2.21. The van der Waals surface area contributed by atoms with Gasteiger partial charge in [0.2, 0.25) is 5.91 Å². The minimum absolute atomic E-state index is 0.154. The SMILES string of the molecule is Cc1ccc(-c2nc(CC(=O)NCC(CC(C)C)C(=O)O)cs2)cc1. The minimum Gasteiger partial charge on any atom is -0.481 e. The maximum atomic E-state index is 12.1. The first kappa shape index (κ1) is 19.1. The number of rotatable bonds is 8. The average Bonchev–Trinajstić information content (AvgIpc) is 3.00. The number of amides is 1. The van der Waals surface area contributed by atoms with Crippen LogP contribution in [0.25, 0.3) is 10.6 Å². The number of thiazole rings is 1. The first-order valence-electron chi connectivity index (χ1n) is 8.36. The van der Waals surface area contributed by atoms with Crippen molar-refractivity contribution in [1.29, 1.82) is 0 Å². The van der Waals surface area contributed by atoms with Crippen molar-refractivity contribution in [3.8, 4) is 10.6 Å². The molecule has 2 N–H and O–H groups in total. The molecule has 0 aliphatic heterocycles. The van der Waals surface area contributed by atoms with Crippen LogP contribution in [-0.2, 0) is 16.0 Å². The van der Waals surface area contributed by atoms with E-state index < -0.39 is 11.9 Å². The molecule has 0 aliphatic carbocycles. The lowest BCUT2D eigenvalue weighted by Gasteiger charge is -2.15. The number of carboxylic acids is 1. The number of benzene rings is 1. The van der Waals surface area contributed by atoms with E-state index in [4.69, 9.17) is 0 Å². The Kier molecular flexibility index (Phi) is 6.70. The van der Waals surface area contributed by atoms with Crippen LogP contribution < -0.4 is 5.32 Å². The van der Waals surface area contributed by atoms with Crippen LogP contribution in [0.15, 0.2) is 29.6 Å². The summed E-state index contributed by atoms with van der Waals surface area (Å²) in [6.07, 6.45) is 0.709. The molecule has 0 aliphatic rings. The van der Waals surface area contributed by atoms with Gasteiger partial charge in [-0.1, -0.05) is 43.7 Å². The molecule has 2 aromatic rings. The lowest BCUT2D eigenvalue weighted by Crippen LogP contribution is -2.34. The summed E-state index contributed by atoms with van der Waals surface area (Å²) < 4.78 is 0. The lowest BCUT2D eigenvalue weighted by molar-refractivity contribution is -0.142. The molecular weight excluding hydrogens is 336 g/mol. The zero-order chi connectivity index (χ0) is 18.4. The van der Waals surface area contributed by atoms with E-state index in [0.29, 0.717) is 12.1 Å². The molecule has 25 heavy (non-hydrogen) atoms. The highest BCUT2D eigenvalue weighted by molar-refractivity contribution is 7.13. The van der Waals surface area contributed by atoms with Crippen LogP contribution in [0.1, 0.15) is 31.5 Å². The summed E-state index contributed by atoms with van der Waals surface area (Å²) in [6, 6.07) is 8.09. The van der Waals surface area contributed by atoms with E-state index in [9.17, 15) is 14.7 Å². The fraction of sp³-hybridized carbons (Fsp3) is 0.421. The number of hydrogen-bond acceptors (Lipinski definition) is 4. The molecule has 2 rings (SSSR count). The van der Waals surface area contributed by atoms with Crippen LogP contribution >= 0.6 is 11.3 Å². The molecule has 1 unspecified atom stereocenters. The van der Waals surface area contributed by atoms with Crippen LogP contribution in [0.3, 0.4) is 0 Å². The monoisotopic (exact) mass is 360 g/mol. The van der Waals surface area contributed by atoms with Gasteiger partial charge in [-0.25, -0.2) is 4.98 Å². The highest BCUT2D eigenvalue weighted by atomic mass is 32.1. The van der Waals surface area contributed by atoms with Gasteiger partial charge in [-0.3, -0.25) is 9.59 Å². The van der Waals surface area contributed by atoms with Crippen molar-refractivity contribution in [3.63, 3.8) is 0 Å². The molecule has 1 amide bonds. The van der Waals surface area contributed by atoms with Crippen molar-refractivity contribution in [1.82, 2.24) is 10.3 Å². The molecule has 5 nitrogen and oxygen atoms in total. The summed E-state index contributed by atoms with van der Waals surface area (Å²) in [5.74, 6) is -1.35. The molecule has 0 radical (unpaired) electrons. The number of nitrogens with one attached hydrogen (secondary N) is 1. The second kappa shape index (κ2) is 8.76. The second-order valence-electron chi connectivity index (χ2n) is 6.66. The molecule has 1 heterocycles. The zero-order valence-corrected chi connectivity index (χ0v) is 15.6. The molecule has 0 saturated carbocycles. The van der Waals surface area contributed by atoms with Crippen molar-refractivity contribution in [2.24, 2.45) is 11.8 Å². The number of aromatic nitrogens is 1. The number of hydrogen-bond donors (Lipinski definition) is 2. The van der Waals surface area contributed by atoms with Crippen LogP contribution in [0.5, 0.6) is 0 Å². The zero-order valence-electron chi connectivity index (χ0n) is 14.8. The Morgan fingerprint density at radius 1 is 1.24 bits per heavy atom. The fourth-order valence-corrected chi connectivity index (χ4v) is 3.35. The normalized spacial score (nSPS) is 12.2. The maximum Gasteiger partial charge on any atom is 0.308 e. The first-order chi connectivity index (χ1) is 11.8. The smallest absolute Gasteiger partial charge is 0.308 e. The van der Waals surface area contributed by atoms with Gasteiger partial charge in [0, 0.05) is 17.5 Å². The highest BCUT2D eigenvalue weighted by Gasteiger charge is 2.20. The largest absolute Gasteiger partial charge is 0.481 e. The predicted molar refractivity (Wildman–Crippen MR) is 99.6 cm³/mol. The number of nitrogens with zero attached hydrogens (tertiary/aromatic N) is 1. The summed E-state index contributed by atoms with van der Waals surface area (Å²) >= 11 is 1.50. The van der Waals surface area contributed by atoms with Crippen molar-refractivity contribution >= 4 is 23.2 Å². The quantitative estimate of drug-likeness (QED) is 0.755. The van der Waals surface area contributed by atoms with Gasteiger partial charge in [0.05, 0.1) is 18.0 Å². The van der Waals surface area contributed by atoms with Crippen LogP contribution in [-0.4, -0.2) is 28.5 Å². The molecule has 0 spiro atoms. The summed E-state index contributed by atoms with van der Waals surface area (Å²) in [5.41, 5.74) is 2.92. The van der Waals surface area contributed by atoms with Gasteiger partial charge in [0.15, 0.2) is 0 Å². The standard InChI is InChI=1S/C19H24N2O3S/c1-12(2)8-15(19(23)24)10-20-17(22)9-16-11-25-18(21-16)14-6-4-13(3)5-7-14/h4-7,11-12,15H,8-10H2,1-3H3,(H,20,22)(H,23,24). The van der Waals surface area contributed by atoms with E-state index in [0.717, 1.165) is 10.6 Å². The number of aryl methyl sites for hydroxylation is 1. The molecule has 0 bridgehead atoms. The van der Waals surface area contributed by atoms with E-state index in [-0.39, 0.29) is 24.8 Å². The van der Waals surface area contributed by atoms with Gasteiger partial charge in [-0.05, 0) is 19.3 Å². The van der Waals surface area contributed by atoms with E-state index in [1.807, 2.05) is 50.4 Å². The van der Waals surface area contributed by atoms with Gasteiger partial charge in [-0.2, -0.15) is 0 Å². The third-order valence-electron chi connectivity index (χ3n) is 3.84. The summed E-state index contributed by atoms with van der Waals surface area (Å²) in [5, 5.41) is 14.7. The number of carbonyl (C=O) groups is 2. The van der Waals surface area contributed by atoms with Crippen LogP contribution in [0, 0.1) is 18.8 Å². The fourth-order valence-electron chi connectivity index (χ4n) is 2.52. The van der Waals surface area contributed by atoms with E-state index in [2.05, 4.69) is 10.3 Å². The third-order valence-corrected chi connectivity index (χ3v) is 4.78. The van der Waals surface area contributed by atoms with E-state index >= 15 is 0 Å². The first-order valence-corrected chi connectivity index (χ1v) is 9.24. The van der Waals surface area contributed by atoms with Crippen molar-refractivity contribution < 1.29 is 14.7 Å². The summed E-state index contributed by atoms with van der Waals surface area (Å²) in [4.78, 5) is 27.8. The molecular formula is C19H24N2O3S. The van der Waals surface area contributed by atoms with Gasteiger partial charge >= 0.3 is 5.97 Å². The van der Waals surface area contributed by atoms with Crippen LogP contribution in [0.4, 0.5) is 0 Å². The predicted octanol–water partition coefficient (Wildman–Crippen LogP) is 3.52. The lowest BCUT2D eigenvalue weighted by atomic mass is 9.97. The van der Waals surface area contributed by atoms with Gasteiger partial charge < -0.3 is 10.4 Å². The minimum atomic E-state index is -0.871. The van der Waals surface area contributed by atoms with Crippen molar-refractivity contribution in [2.75, 3.05) is 6.54 Å². The molecule has 1 atom stereocenters. The molecule has 0 saturated heterocycles. The molecule has 1 aromatic heterocycles. The van der Waals surface area contributed by atoms with Gasteiger partial charge in [0.1, 0.15) is 5.01 Å². The summed E-state index contributed by atoms with van der Waals surface area (Å²) in [6.45, 7) is 6.13. The van der Waals surface area contributed by atoms with E-state index in [1.165, 1.54) is 16.9 Å². The molecule has 6 heteroatoms. The Bertz CT molecular complexity index is 723. The Balaban J connectivity index is 1.90. The average molecular weight is 360 g/mol. The van der Waals surface area contributed by atoms with Crippen molar-refractivity contribution in [2.45, 2.75) is 33.6 Å². The van der Waals surface area contributed by atoms with Crippen LogP contribution in [0.2, 0.25) is 0 Å². The Morgan fingerprint density at radius 2 is 1.92 bits per heavy atom. The molecule has 134 valence electrons. The third kappa shape index (κ3) is 5.98. The Morgan fingerprint density at radius 3 is 2.52 bits per heavy atom. The van der Waals surface area contributed by atoms with E-state index in [1.54, 1.807) is 0 Å². The maximum absolute atomic E-state index is 12.1. The number of carbonyl (C=O) groups excluding carboxylic acids is 1. The molecule has 1 aromatic carbocycles. The van der Waals surface area contributed by atoms with Gasteiger partial charge in [-0.15, -0.1) is 11.3 Å². The number of aliphatic carboxylic acids is 1. The Labute approximate surface area is 152 Å². The highest BCUT2D eigenvalue weighted by Crippen LogP contribution is 2.24.